The maximum atomic E-state index is 13.7. The van der Waals surface area contributed by atoms with Gasteiger partial charge in [0.05, 0.1) is 12.7 Å². The molecule has 1 amide bonds. The minimum atomic E-state index is -0.763. The molecule has 1 atom stereocenters. The van der Waals surface area contributed by atoms with E-state index in [2.05, 4.69) is 0 Å². The topological polar surface area (TPSA) is 80.0 Å². The molecule has 0 saturated heterocycles. The number of rotatable bonds is 5. The van der Waals surface area contributed by atoms with Crippen LogP contribution in [0, 0.1) is 13.8 Å². The number of ether oxygens (including phenoxy) is 1. The molecule has 3 heterocycles. The molecular formula is C26H21NO5S. The number of aliphatic hydroxyl groups is 1. The van der Waals surface area contributed by atoms with Crippen LogP contribution >= 0.6 is 11.3 Å². The maximum absolute atomic E-state index is 13.7. The third-order valence-electron chi connectivity index (χ3n) is 5.93. The van der Waals surface area contributed by atoms with E-state index >= 15 is 0 Å². The zero-order valence-electron chi connectivity index (χ0n) is 18.3. The fourth-order valence-electron chi connectivity index (χ4n) is 4.27. The first-order valence-electron chi connectivity index (χ1n) is 10.4. The average molecular weight is 460 g/mol. The second-order valence-electron chi connectivity index (χ2n) is 7.91. The van der Waals surface area contributed by atoms with Crippen molar-refractivity contribution in [1.29, 1.82) is 0 Å². The van der Waals surface area contributed by atoms with Crippen molar-refractivity contribution in [2.24, 2.45) is 0 Å². The number of Topliss-reactive ketones (excluding diaryl/α,β-unsaturated/α-hetero) is 1. The van der Waals surface area contributed by atoms with Crippen LogP contribution in [0.2, 0.25) is 0 Å². The molecule has 2 aromatic carbocycles. The number of aliphatic hydroxyl groups excluding tert-OH is 1. The zero-order chi connectivity index (χ0) is 23.3. The molecule has 1 aliphatic heterocycles. The van der Waals surface area contributed by atoms with Crippen molar-refractivity contribution in [3.05, 3.63) is 93.1 Å². The van der Waals surface area contributed by atoms with Crippen molar-refractivity contribution in [1.82, 2.24) is 0 Å². The maximum Gasteiger partial charge on any atom is 0.294 e. The Kier molecular flexibility index (Phi) is 5.06. The van der Waals surface area contributed by atoms with Crippen LogP contribution < -0.4 is 9.64 Å². The molecule has 0 fully saturated rings. The lowest BCUT2D eigenvalue weighted by molar-refractivity contribution is -0.117. The van der Waals surface area contributed by atoms with E-state index in [0.717, 1.165) is 16.0 Å². The lowest BCUT2D eigenvalue weighted by Crippen LogP contribution is -2.31. The van der Waals surface area contributed by atoms with E-state index in [4.69, 9.17) is 9.15 Å². The largest absolute Gasteiger partial charge is 0.503 e. The SMILES string of the molecule is COc1cccc2cc(C(=O)C3=C(O)C(=O)N(c4ccccc4C)C3c3sccc3C)oc12. The van der Waals surface area contributed by atoms with Crippen molar-refractivity contribution < 1.29 is 23.8 Å². The number of benzene rings is 2. The van der Waals surface area contributed by atoms with Crippen LogP contribution in [-0.2, 0) is 4.79 Å². The summed E-state index contributed by atoms with van der Waals surface area (Å²) in [6.07, 6.45) is 0. The van der Waals surface area contributed by atoms with Crippen LogP contribution in [-0.4, -0.2) is 23.9 Å². The fourth-order valence-corrected chi connectivity index (χ4v) is 5.30. The Balaban J connectivity index is 1.68. The first-order chi connectivity index (χ1) is 15.9. The van der Waals surface area contributed by atoms with Crippen molar-refractivity contribution in [2.75, 3.05) is 12.0 Å². The van der Waals surface area contributed by atoms with Gasteiger partial charge in [-0.05, 0) is 54.6 Å². The number of furan rings is 1. The molecule has 1 unspecified atom stereocenters. The van der Waals surface area contributed by atoms with E-state index in [1.807, 2.05) is 55.6 Å². The minimum Gasteiger partial charge on any atom is -0.503 e. The van der Waals surface area contributed by atoms with Gasteiger partial charge in [-0.3, -0.25) is 14.5 Å². The normalized spacial score (nSPS) is 16.2. The number of carbonyl (C=O) groups excluding carboxylic acids is 2. The van der Waals surface area contributed by atoms with Crippen LogP contribution in [0.4, 0.5) is 5.69 Å². The van der Waals surface area contributed by atoms with Gasteiger partial charge in [-0.2, -0.15) is 0 Å². The molecule has 33 heavy (non-hydrogen) atoms. The molecule has 7 heteroatoms. The molecule has 166 valence electrons. The van der Waals surface area contributed by atoms with Crippen molar-refractivity contribution >= 4 is 39.7 Å². The highest BCUT2D eigenvalue weighted by atomic mass is 32.1. The van der Waals surface area contributed by atoms with E-state index in [9.17, 15) is 14.7 Å². The Morgan fingerprint density at radius 1 is 1.09 bits per heavy atom. The first-order valence-corrected chi connectivity index (χ1v) is 11.3. The number of hydrogen-bond donors (Lipinski definition) is 1. The molecule has 6 nitrogen and oxygen atoms in total. The number of para-hydroxylation sites is 2. The molecule has 1 aliphatic rings. The zero-order valence-corrected chi connectivity index (χ0v) is 19.1. The Labute approximate surface area is 194 Å². The highest BCUT2D eigenvalue weighted by molar-refractivity contribution is 7.10. The van der Waals surface area contributed by atoms with Crippen LogP contribution in [0.1, 0.15) is 32.6 Å². The van der Waals surface area contributed by atoms with Gasteiger partial charge in [-0.15, -0.1) is 11.3 Å². The minimum absolute atomic E-state index is 0.00632. The van der Waals surface area contributed by atoms with Gasteiger partial charge in [0.1, 0.15) is 6.04 Å². The quantitative estimate of drug-likeness (QED) is 0.376. The molecule has 4 aromatic rings. The Morgan fingerprint density at radius 2 is 1.88 bits per heavy atom. The van der Waals surface area contributed by atoms with Gasteiger partial charge in [-0.1, -0.05) is 30.3 Å². The van der Waals surface area contributed by atoms with Gasteiger partial charge in [0.25, 0.3) is 5.91 Å². The monoisotopic (exact) mass is 459 g/mol. The molecule has 2 aromatic heterocycles. The number of thiophene rings is 1. The third-order valence-corrected chi connectivity index (χ3v) is 7.00. The van der Waals surface area contributed by atoms with Gasteiger partial charge in [-0.25, -0.2) is 0 Å². The molecule has 1 N–H and O–H groups in total. The lowest BCUT2D eigenvalue weighted by atomic mass is 9.98. The van der Waals surface area contributed by atoms with Crippen LogP contribution in [0.25, 0.3) is 11.0 Å². The molecule has 0 bridgehead atoms. The van der Waals surface area contributed by atoms with Crippen LogP contribution in [0.5, 0.6) is 5.75 Å². The Hall–Kier alpha value is -3.84. The second kappa shape index (κ2) is 7.94. The summed E-state index contributed by atoms with van der Waals surface area (Å²) in [6.45, 7) is 3.82. The predicted octanol–water partition coefficient (Wildman–Crippen LogP) is 5.90. The number of carbonyl (C=O) groups is 2. The smallest absolute Gasteiger partial charge is 0.294 e. The van der Waals surface area contributed by atoms with Gasteiger partial charge >= 0.3 is 0 Å². The van der Waals surface area contributed by atoms with Crippen molar-refractivity contribution in [3.63, 3.8) is 0 Å². The molecule has 5 rings (SSSR count). The van der Waals surface area contributed by atoms with E-state index in [1.165, 1.54) is 23.3 Å². The molecule has 0 radical (unpaired) electrons. The van der Waals surface area contributed by atoms with Gasteiger partial charge in [0.15, 0.2) is 22.9 Å². The van der Waals surface area contributed by atoms with Gasteiger partial charge in [0, 0.05) is 16.0 Å². The number of amides is 1. The van der Waals surface area contributed by atoms with Crippen molar-refractivity contribution in [2.45, 2.75) is 19.9 Å². The summed E-state index contributed by atoms with van der Waals surface area (Å²) < 4.78 is 11.2. The van der Waals surface area contributed by atoms with Crippen LogP contribution in [0.15, 0.2) is 75.7 Å². The predicted molar refractivity (Wildman–Crippen MR) is 127 cm³/mol. The number of methoxy groups -OCH3 is 1. The number of nitrogens with zero attached hydrogens (tertiary/aromatic N) is 1. The van der Waals surface area contributed by atoms with Crippen molar-refractivity contribution in [3.8, 4) is 5.75 Å². The Bertz CT molecular complexity index is 1440. The summed E-state index contributed by atoms with van der Waals surface area (Å²) in [7, 11) is 1.53. The number of aryl methyl sites for hydroxylation is 2. The van der Waals surface area contributed by atoms with Gasteiger partial charge < -0.3 is 14.3 Å². The third kappa shape index (κ3) is 3.24. The second-order valence-corrected chi connectivity index (χ2v) is 8.86. The van der Waals surface area contributed by atoms with E-state index in [-0.39, 0.29) is 11.3 Å². The van der Waals surface area contributed by atoms with E-state index in [1.54, 1.807) is 18.2 Å². The standard InChI is InChI=1S/C26H21NO5S/c1-14-7-4-5-9-17(14)27-21(25-15(2)11-12-33-25)20(23(29)26(27)30)22(28)19-13-16-8-6-10-18(31-3)24(16)32-19/h4-13,21,29H,1-3H3. The number of anilines is 1. The number of hydrogen-bond acceptors (Lipinski definition) is 6. The van der Waals surface area contributed by atoms with Gasteiger partial charge in [0.2, 0.25) is 5.78 Å². The summed E-state index contributed by atoms with van der Waals surface area (Å²) >= 11 is 1.44. The molecule has 0 aliphatic carbocycles. The fraction of sp³-hybridized carbons (Fsp3) is 0.154. The Morgan fingerprint density at radius 3 is 2.58 bits per heavy atom. The summed E-state index contributed by atoms with van der Waals surface area (Å²) in [5, 5.41) is 13.6. The highest BCUT2D eigenvalue weighted by Gasteiger charge is 2.46. The number of fused-ring (bicyclic) bond motifs is 1. The summed E-state index contributed by atoms with van der Waals surface area (Å²) in [5.41, 5.74) is 2.88. The van der Waals surface area contributed by atoms with E-state index < -0.39 is 23.5 Å². The highest BCUT2D eigenvalue weighted by Crippen LogP contribution is 2.45. The number of ketones is 1. The molecule has 0 saturated carbocycles. The van der Waals surface area contributed by atoms with E-state index in [0.29, 0.717) is 22.4 Å². The first kappa shape index (κ1) is 21.0. The van der Waals surface area contributed by atoms with Crippen LogP contribution in [0.3, 0.4) is 0 Å². The summed E-state index contributed by atoms with van der Waals surface area (Å²) in [6, 6.07) is 15.6. The molecule has 0 spiro atoms. The average Bonchev–Trinajstić information content (AvgIpc) is 3.50. The summed E-state index contributed by atoms with van der Waals surface area (Å²) in [4.78, 5) is 29.4. The summed E-state index contributed by atoms with van der Waals surface area (Å²) in [5.74, 6) is -1.17. The molecular weight excluding hydrogens is 438 g/mol. The lowest BCUT2D eigenvalue weighted by Gasteiger charge is -2.27.